The maximum atomic E-state index is 10.2. The zero-order valence-electron chi connectivity index (χ0n) is 13.9. The predicted molar refractivity (Wildman–Crippen MR) is 84.3 cm³/mol. The number of carbonyl (C=O) groups excluding carboxylic acids is 1. The van der Waals surface area contributed by atoms with E-state index in [1.54, 1.807) is 0 Å². The summed E-state index contributed by atoms with van der Waals surface area (Å²) in [5.74, 6) is -0.925. The van der Waals surface area contributed by atoms with Crippen molar-refractivity contribution in [1.82, 2.24) is 0 Å². The number of hydrogen-bond acceptors (Lipinski definition) is 2. The van der Waals surface area contributed by atoms with Crippen LogP contribution >= 0.6 is 0 Å². The summed E-state index contributed by atoms with van der Waals surface area (Å²) in [4.78, 5) is 10.2. The van der Waals surface area contributed by atoms with Crippen molar-refractivity contribution in [3.63, 3.8) is 0 Å². The van der Waals surface area contributed by atoms with E-state index in [0.717, 1.165) is 44.9 Å². The standard InChI is InChI=1S/C18H30O2.K/c1-2-3-4-5-6-7-8-9-10-11-12-13-14-15-16-17-18(19)20;/h3-4,6-7,9-10H,2,5,8,11-17H2,1H3,(H,19,20);/q;+1/p-1/b4-3+,7-6+,10-9+;. The van der Waals surface area contributed by atoms with Gasteiger partial charge >= 0.3 is 51.4 Å². The van der Waals surface area contributed by atoms with Crippen molar-refractivity contribution in [2.45, 2.75) is 71.1 Å². The number of carboxylic acids is 1. The maximum Gasteiger partial charge on any atom is 1.00 e. The molecule has 0 unspecified atom stereocenters. The molecule has 0 saturated carbocycles. The van der Waals surface area contributed by atoms with E-state index in [4.69, 9.17) is 0 Å². The molecule has 0 fully saturated rings. The van der Waals surface area contributed by atoms with Gasteiger partial charge < -0.3 is 9.90 Å². The molecular formula is C18H29KO2. The molecule has 114 valence electrons. The summed E-state index contributed by atoms with van der Waals surface area (Å²) in [5.41, 5.74) is 0. The van der Waals surface area contributed by atoms with E-state index in [2.05, 4.69) is 43.4 Å². The van der Waals surface area contributed by atoms with Gasteiger partial charge in [-0.1, -0.05) is 62.6 Å². The third-order valence-electron chi connectivity index (χ3n) is 3.03. The molecular weight excluding hydrogens is 287 g/mol. The molecule has 0 bridgehead atoms. The molecule has 0 N–H and O–H groups in total. The summed E-state index contributed by atoms with van der Waals surface area (Å²) in [6, 6.07) is 0. The number of allylic oxidation sites excluding steroid dienone is 6. The van der Waals surface area contributed by atoms with Crippen LogP contribution in [0.4, 0.5) is 0 Å². The second kappa shape index (κ2) is 20.3. The predicted octanol–water partition coefficient (Wildman–Crippen LogP) is 1.33. The van der Waals surface area contributed by atoms with Crippen LogP contribution in [0.1, 0.15) is 71.1 Å². The van der Waals surface area contributed by atoms with Gasteiger partial charge in [-0.2, -0.15) is 0 Å². The van der Waals surface area contributed by atoms with Crippen LogP contribution in [0.2, 0.25) is 0 Å². The smallest absolute Gasteiger partial charge is 0.550 e. The number of hydrogen-bond donors (Lipinski definition) is 0. The van der Waals surface area contributed by atoms with Gasteiger partial charge in [0, 0.05) is 5.97 Å². The number of carboxylic acid groups (broad SMARTS) is 1. The molecule has 0 heterocycles. The molecule has 0 aromatic carbocycles. The first-order valence-electron chi connectivity index (χ1n) is 7.92. The molecule has 0 saturated heterocycles. The minimum Gasteiger partial charge on any atom is -0.550 e. The van der Waals surface area contributed by atoms with Crippen molar-refractivity contribution in [1.29, 1.82) is 0 Å². The average molecular weight is 317 g/mol. The van der Waals surface area contributed by atoms with Gasteiger partial charge in [0.25, 0.3) is 0 Å². The minimum atomic E-state index is -0.925. The van der Waals surface area contributed by atoms with Crippen LogP contribution in [0.15, 0.2) is 36.5 Å². The molecule has 0 aromatic heterocycles. The fourth-order valence-electron chi connectivity index (χ4n) is 1.89. The van der Waals surface area contributed by atoms with E-state index < -0.39 is 5.97 Å². The minimum absolute atomic E-state index is 0. The maximum absolute atomic E-state index is 10.2. The van der Waals surface area contributed by atoms with Gasteiger partial charge in [0.05, 0.1) is 0 Å². The fraction of sp³-hybridized carbons (Fsp3) is 0.611. The molecule has 0 radical (unpaired) electrons. The van der Waals surface area contributed by atoms with Crippen LogP contribution in [0.5, 0.6) is 0 Å². The topological polar surface area (TPSA) is 40.1 Å². The third-order valence-corrected chi connectivity index (χ3v) is 3.03. The molecule has 0 aliphatic rings. The van der Waals surface area contributed by atoms with Crippen molar-refractivity contribution in [3.8, 4) is 0 Å². The molecule has 3 heteroatoms. The van der Waals surface area contributed by atoms with E-state index in [1.807, 2.05) is 0 Å². The Hall–Kier alpha value is 0.326. The van der Waals surface area contributed by atoms with Gasteiger partial charge in [-0.15, -0.1) is 0 Å². The Balaban J connectivity index is 0. The van der Waals surface area contributed by atoms with E-state index >= 15 is 0 Å². The Morgan fingerprint density at radius 3 is 1.95 bits per heavy atom. The van der Waals surface area contributed by atoms with Gasteiger partial charge in [0.1, 0.15) is 0 Å². The molecule has 2 nitrogen and oxygen atoms in total. The van der Waals surface area contributed by atoms with Gasteiger partial charge in [0.15, 0.2) is 0 Å². The van der Waals surface area contributed by atoms with Gasteiger partial charge in [-0.05, 0) is 44.9 Å². The Kier molecular flexibility index (Phi) is 22.8. The zero-order chi connectivity index (χ0) is 14.9. The van der Waals surface area contributed by atoms with Crippen LogP contribution in [0.25, 0.3) is 0 Å². The zero-order valence-corrected chi connectivity index (χ0v) is 17.0. The summed E-state index contributed by atoms with van der Waals surface area (Å²) in [6.45, 7) is 2.15. The molecule has 0 atom stereocenters. The van der Waals surface area contributed by atoms with Crippen LogP contribution in [-0.2, 0) is 4.79 Å². The summed E-state index contributed by atoms with van der Waals surface area (Å²) >= 11 is 0. The van der Waals surface area contributed by atoms with E-state index in [-0.39, 0.29) is 57.8 Å². The number of carbonyl (C=O) groups is 1. The van der Waals surface area contributed by atoms with Crippen molar-refractivity contribution in [2.24, 2.45) is 0 Å². The Bertz CT molecular complexity index is 306. The number of aliphatic carboxylic acids is 1. The normalized spacial score (nSPS) is 11.5. The van der Waals surface area contributed by atoms with Crippen molar-refractivity contribution >= 4 is 5.97 Å². The largest absolute Gasteiger partial charge is 1.00 e. The van der Waals surface area contributed by atoms with Crippen LogP contribution in [0, 0.1) is 0 Å². The third kappa shape index (κ3) is 22.7. The van der Waals surface area contributed by atoms with Crippen LogP contribution in [-0.4, -0.2) is 5.97 Å². The van der Waals surface area contributed by atoms with Crippen molar-refractivity contribution < 1.29 is 61.3 Å². The Morgan fingerprint density at radius 1 is 0.810 bits per heavy atom. The van der Waals surface area contributed by atoms with Gasteiger partial charge in [-0.3, -0.25) is 0 Å². The van der Waals surface area contributed by atoms with E-state index in [0.29, 0.717) is 0 Å². The van der Waals surface area contributed by atoms with Crippen LogP contribution in [0.3, 0.4) is 0 Å². The van der Waals surface area contributed by atoms with Crippen LogP contribution < -0.4 is 56.5 Å². The molecule has 0 aliphatic heterocycles. The summed E-state index contributed by atoms with van der Waals surface area (Å²) in [5, 5.41) is 10.2. The first kappa shape index (κ1) is 23.6. The summed E-state index contributed by atoms with van der Waals surface area (Å²) < 4.78 is 0. The summed E-state index contributed by atoms with van der Waals surface area (Å²) in [6.07, 6.45) is 23.0. The number of rotatable bonds is 13. The summed E-state index contributed by atoms with van der Waals surface area (Å²) in [7, 11) is 0. The average Bonchev–Trinajstić information content (AvgIpc) is 2.43. The van der Waals surface area contributed by atoms with Crippen molar-refractivity contribution in [3.05, 3.63) is 36.5 Å². The molecule has 0 aromatic rings. The number of unbranched alkanes of at least 4 members (excludes halogenated alkanes) is 5. The van der Waals surface area contributed by atoms with Crippen molar-refractivity contribution in [2.75, 3.05) is 0 Å². The van der Waals surface area contributed by atoms with E-state index in [1.165, 1.54) is 12.8 Å². The van der Waals surface area contributed by atoms with Gasteiger partial charge in [0.2, 0.25) is 0 Å². The molecule has 0 spiro atoms. The Morgan fingerprint density at radius 2 is 1.33 bits per heavy atom. The molecule has 0 aliphatic carbocycles. The first-order chi connectivity index (χ1) is 9.77. The quantitative estimate of drug-likeness (QED) is 0.292. The molecule has 0 amide bonds. The molecule has 0 rings (SSSR count). The Labute approximate surface area is 173 Å². The van der Waals surface area contributed by atoms with Gasteiger partial charge in [-0.25, -0.2) is 0 Å². The SMILES string of the molecule is CC/C=C/C/C=C/C/C=C/CCCCCCCC(=O)[O-].[K+]. The van der Waals surface area contributed by atoms with E-state index in [9.17, 15) is 9.90 Å². The molecule has 21 heavy (non-hydrogen) atoms. The second-order valence-corrected chi connectivity index (χ2v) is 4.97. The first-order valence-corrected chi connectivity index (χ1v) is 7.92. The fourth-order valence-corrected chi connectivity index (χ4v) is 1.89. The monoisotopic (exact) mass is 316 g/mol. The second-order valence-electron chi connectivity index (χ2n) is 4.97.